The normalized spacial score (nSPS) is 24.9. The molecular formula is C39H53N3O4. The molecule has 2 aromatic carbocycles. The summed E-state index contributed by atoms with van der Waals surface area (Å²) in [5.41, 5.74) is 9.58. The van der Waals surface area contributed by atoms with Gasteiger partial charge in [0.05, 0.1) is 19.6 Å². The number of aryl methyl sites for hydroxylation is 1. The summed E-state index contributed by atoms with van der Waals surface area (Å²) in [5, 5.41) is 2.26. The summed E-state index contributed by atoms with van der Waals surface area (Å²) in [6.45, 7) is 8.27. The molecule has 1 N–H and O–H groups in total. The Hall–Kier alpha value is -3.32. The zero-order valence-corrected chi connectivity index (χ0v) is 28.3. The Morgan fingerprint density at radius 2 is 1.67 bits per heavy atom. The Bertz CT molecular complexity index is 1400. The van der Waals surface area contributed by atoms with Crippen LogP contribution in [0.4, 0.5) is 5.69 Å². The lowest BCUT2D eigenvalue weighted by Crippen LogP contribution is -2.42. The van der Waals surface area contributed by atoms with E-state index in [-0.39, 0.29) is 23.7 Å². The molecule has 4 aliphatic rings. The molecule has 0 unspecified atom stereocenters. The molecule has 2 aromatic rings. The predicted molar refractivity (Wildman–Crippen MR) is 183 cm³/mol. The van der Waals surface area contributed by atoms with Crippen LogP contribution in [0.25, 0.3) is 5.57 Å². The van der Waals surface area contributed by atoms with Crippen LogP contribution in [0, 0.1) is 30.6 Å². The summed E-state index contributed by atoms with van der Waals surface area (Å²) in [6, 6.07) is 15.9. The fraction of sp³-hybridized carbons (Fsp3) is 0.590. The Morgan fingerprint density at radius 1 is 0.935 bits per heavy atom. The van der Waals surface area contributed by atoms with Gasteiger partial charge in [-0.15, -0.1) is 0 Å². The zero-order valence-electron chi connectivity index (χ0n) is 28.3. The molecule has 248 valence electrons. The number of hydrogen-bond donors (Lipinski definition) is 1. The largest absolute Gasteiger partial charge is 0.496 e. The molecule has 1 aliphatic heterocycles. The molecule has 3 aliphatic carbocycles. The highest BCUT2D eigenvalue weighted by molar-refractivity contribution is 5.95. The molecule has 0 spiro atoms. The van der Waals surface area contributed by atoms with Crippen LogP contribution in [-0.2, 0) is 14.3 Å². The van der Waals surface area contributed by atoms with Crippen LogP contribution in [0.5, 0.6) is 5.75 Å². The first-order valence-electron chi connectivity index (χ1n) is 17.7. The molecule has 3 saturated carbocycles. The van der Waals surface area contributed by atoms with E-state index in [0.29, 0.717) is 30.4 Å². The number of ether oxygens (including phenoxy) is 2. The summed E-state index contributed by atoms with van der Waals surface area (Å²) in [5.74, 6) is 2.26. The van der Waals surface area contributed by atoms with E-state index < -0.39 is 0 Å². The highest BCUT2D eigenvalue weighted by Gasteiger charge is 2.35. The topological polar surface area (TPSA) is 71.1 Å². The van der Waals surface area contributed by atoms with Crippen LogP contribution in [0.2, 0.25) is 0 Å². The predicted octanol–water partition coefficient (Wildman–Crippen LogP) is 7.64. The zero-order chi connectivity index (χ0) is 32.2. The summed E-state index contributed by atoms with van der Waals surface area (Å²) in [4.78, 5) is 29.2. The average molecular weight is 628 g/mol. The molecule has 1 amide bonds. The number of amides is 1. The maximum Gasteiger partial charge on any atom is 0.308 e. The first kappa shape index (κ1) is 32.6. The number of hydrazine groups is 1. The molecule has 0 aromatic heterocycles. The van der Waals surface area contributed by atoms with Crippen LogP contribution in [0.3, 0.4) is 0 Å². The molecule has 0 saturated heterocycles. The second-order valence-corrected chi connectivity index (χ2v) is 14.6. The summed E-state index contributed by atoms with van der Waals surface area (Å²) in [6.07, 6.45) is 12.2. The van der Waals surface area contributed by atoms with E-state index >= 15 is 0 Å². The smallest absolute Gasteiger partial charge is 0.308 e. The van der Waals surface area contributed by atoms with Crippen molar-refractivity contribution in [3.05, 3.63) is 65.4 Å². The lowest BCUT2D eigenvalue weighted by Gasteiger charge is -2.36. The van der Waals surface area contributed by atoms with Crippen molar-refractivity contribution >= 4 is 23.1 Å². The number of hydrogen-bond acceptors (Lipinski definition) is 6. The van der Waals surface area contributed by atoms with Gasteiger partial charge in [0.25, 0.3) is 0 Å². The Balaban J connectivity index is 1.15. The molecule has 7 nitrogen and oxygen atoms in total. The fourth-order valence-corrected chi connectivity index (χ4v) is 7.65. The standard InChI is InChI=1S/C39H53N3O4/c1-26(2)25-46-39(44)31-14-12-30(13-15-31)38(43)41(36-7-5-6-32(21-36)34-22-40-42(24-34)35-17-18-35)23-28-8-10-29(11-9-28)33-16-19-37(45-4)27(3)20-33/h5-7,16,19-21,24,26,28-31,35,40H,8-15,17-18,22-23,25H2,1-4H3. The number of esters is 1. The second kappa shape index (κ2) is 14.6. The van der Waals surface area contributed by atoms with Gasteiger partial charge in [0.1, 0.15) is 5.75 Å². The van der Waals surface area contributed by atoms with E-state index in [1.165, 1.54) is 35.1 Å². The SMILES string of the molecule is COc1ccc(C2CCC(CN(C(=O)C3CCC(C(=O)OCC(C)C)CC3)c3cccc(C4=CN(C5CC5)NC4)c3)CC2)cc1C. The van der Waals surface area contributed by atoms with Crippen molar-refractivity contribution in [3.8, 4) is 5.75 Å². The highest BCUT2D eigenvalue weighted by Crippen LogP contribution is 2.39. The Kier molecular flexibility index (Phi) is 10.4. The summed E-state index contributed by atoms with van der Waals surface area (Å²) >= 11 is 0. The van der Waals surface area contributed by atoms with Gasteiger partial charge in [-0.05, 0) is 129 Å². The number of benzene rings is 2. The van der Waals surface area contributed by atoms with Crippen molar-refractivity contribution in [1.82, 2.24) is 10.4 Å². The van der Waals surface area contributed by atoms with Crippen molar-refractivity contribution in [2.45, 2.75) is 96.9 Å². The van der Waals surface area contributed by atoms with Gasteiger partial charge in [-0.2, -0.15) is 0 Å². The lowest BCUT2D eigenvalue weighted by molar-refractivity contribution is -0.151. The molecule has 3 fully saturated rings. The monoisotopic (exact) mass is 627 g/mol. The number of nitrogens with one attached hydrogen (secondary N) is 1. The van der Waals surface area contributed by atoms with E-state index in [0.717, 1.165) is 75.9 Å². The number of methoxy groups -OCH3 is 1. The number of nitrogens with zero attached hydrogens (tertiary/aromatic N) is 2. The van der Waals surface area contributed by atoms with E-state index in [4.69, 9.17) is 9.47 Å². The fourth-order valence-electron chi connectivity index (χ4n) is 7.65. The van der Waals surface area contributed by atoms with Gasteiger partial charge >= 0.3 is 5.97 Å². The van der Waals surface area contributed by atoms with Crippen LogP contribution in [0.1, 0.15) is 101 Å². The third-order valence-corrected chi connectivity index (χ3v) is 10.6. The molecule has 6 rings (SSSR count). The van der Waals surface area contributed by atoms with Gasteiger partial charge in [-0.25, -0.2) is 5.43 Å². The quantitative estimate of drug-likeness (QED) is 0.258. The van der Waals surface area contributed by atoms with E-state index in [1.54, 1.807) is 7.11 Å². The summed E-state index contributed by atoms with van der Waals surface area (Å²) < 4.78 is 11.0. The molecule has 1 heterocycles. The van der Waals surface area contributed by atoms with Crippen molar-refractivity contribution in [2.24, 2.45) is 23.7 Å². The molecule has 0 bridgehead atoms. The molecule has 0 atom stereocenters. The van der Waals surface area contributed by atoms with Crippen molar-refractivity contribution in [1.29, 1.82) is 0 Å². The van der Waals surface area contributed by atoms with Crippen molar-refractivity contribution in [3.63, 3.8) is 0 Å². The molecular weight excluding hydrogens is 574 g/mol. The third-order valence-electron chi connectivity index (χ3n) is 10.6. The van der Waals surface area contributed by atoms with E-state index in [9.17, 15) is 9.59 Å². The van der Waals surface area contributed by atoms with Gasteiger partial charge < -0.3 is 19.4 Å². The Morgan fingerprint density at radius 3 is 2.35 bits per heavy atom. The minimum atomic E-state index is -0.0911. The van der Waals surface area contributed by atoms with Crippen LogP contribution in [-0.4, -0.2) is 49.7 Å². The lowest BCUT2D eigenvalue weighted by atomic mass is 9.77. The van der Waals surface area contributed by atoms with Gasteiger partial charge in [-0.3, -0.25) is 9.59 Å². The van der Waals surface area contributed by atoms with Gasteiger partial charge in [0.15, 0.2) is 0 Å². The number of rotatable bonds is 11. The van der Waals surface area contributed by atoms with Gasteiger partial charge in [0, 0.05) is 36.9 Å². The minimum absolute atomic E-state index is 0.0610. The minimum Gasteiger partial charge on any atom is -0.496 e. The van der Waals surface area contributed by atoms with E-state index in [2.05, 4.69) is 84.8 Å². The maximum atomic E-state index is 14.4. The van der Waals surface area contributed by atoms with Gasteiger partial charge in [0.2, 0.25) is 5.91 Å². The first-order chi connectivity index (χ1) is 22.3. The highest BCUT2D eigenvalue weighted by atomic mass is 16.5. The number of carbonyl (C=O) groups is 2. The van der Waals surface area contributed by atoms with Crippen LogP contribution >= 0.6 is 0 Å². The number of carbonyl (C=O) groups excluding carboxylic acids is 2. The Labute approximate surface area is 275 Å². The van der Waals surface area contributed by atoms with Crippen molar-refractivity contribution in [2.75, 3.05) is 31.7 Å². The first-order valence-corrected chi connectivity index (χ1v) is 17.7. The van der Waals surface area contributed by atoms with Crippen LogP contribution < -0.4 is 15.1 Å². The van der Waals surface area contributed by atoms with Crippen LogP contribution in [0.15, 0.2) is 48.7 Å². The van der Waals surface area contributed by atoms with E-state index in [1.807, 2.05) is 0 Å². The second-order valence-electron chi connectivity index (χ2n) is 14.6. The number of anilines is 1. The van der Waals surface area contributed by atoms with Gasteiger partial charge in [-0.1, -0.05) is 38.1 Å². The molecule has 0 radical (unpaired) electrons. The maximum absolute atomic E-state index is 14.4. The molecule has 46 heavy (non-hydrogen) atoms. The average Bonchev–Trinajstić information content (AvgIpc) is 3.81. The summed E-state index contributed by atoms with van der Waals surface area (Å²) in [7, 11) is 1.73. The molecule has 7 heteroatoms. The third kappa shape index (κ3) is 7.79. The van der Waals surface area contributed by atoms with Crippen molar-refractivity contribution < 1.29 is 19.1 Å².